The van der Waals surface area contributed by atoms with Gasteiger partial charge >= 0.3 is 0 Å². The summed E-state index contributed by atoms with van der Waals surface area (Å²) in [6.07, 6.45) is 0. The van der Waals surface area contributed by atoms with E-state index in [1.807, 2.05) is 44.2 Å². The number of carbonyl (C=O) groups excluding carboxylic acids is 1. The number of benzene rings is 2. The van der Waals surface area contributed by atoms with Crippen LogP contribution in [0.5, 0.6) is 0 Å². The Hall–Kier alpha value is -2.66. The monoisotopic (exact) mass is 340 g/mol. The van der Waals surface area contributed by atoms with Crippen LogP contribution in [0.2, 0.25) is 5.02 Å². The maximum atomic E-state index is 12.5. The molecule has 0 fully saturated rings. The van der Waals surface area contributed by atoms with Gasteiger partial charge in [-0.2, -0.15) is 0 Å². The maximum absolute atomic E-state index is 12.5. The van der Waals surface area contributed by atoms with Crippen molar-refractivity contribution < 1.29 is 4.79 Å². The summed E-state index contributed by atoms with van der Waals surface area (Å²) in [5, 5.41) is 11.6. The van der Waals surface area contributed by atoms with E-state index in [0.717, 1.165) is 16.8 Å². The predicted octanol–water partition coefficient (Wildman–Crippen LogP) is 3.85. The van der Waals surface area contributed by atoms with Crippen LogP contribution in [-0.4, -0.2) is 20.9 Å². The average Bonchev–Trinajstić information content (AvgIpc) is 2.92. The lowest BCUT2D eigenvalue weighted by atomic mass is 10.2. The largest absolute Gasteiger partial charge is 0.320 e. The third-order valence-electron chi connectivity index (χ3n) is 3.81. The Kier molecular flexibility index (Phi) is 4.62. The van der Waals surface area contributed by atoms with E-state index in [9.17, 15) is 4.79 Å². The Morgan fingerprint density at radius 3 is 2.62 bits per heavy atom. The highest BCUT2D eigenvalue weighted by Crippen LogP contribution is 2.20. The molecule has 1 aromatic heterocycles. The lowest BCUT2D eigenvalue weighted by Crippen LogP contribution is -2.15. The van der Waals surface area contributed by atoms with Crippen molar-refractivity contribution in [1.82, 2.24) is 15.0 Å². The number of anilines is 1. The van der Waals surface area contributed by atoms with E-state index in [0.29, 0.717) is 22.9 Å². The van der Waals surface area contributed by atoms with E-state index in [1.54, 1.807) is 22.9 Å². The van der Waals surface area contributed by atoms with E-state index in [1.165, 1.54) is 0 Å². The zero-order chi connectivity index (χ0) is 17.1. The Bertz CT molecular complexity index is 874. The highest BCUT2D eigenvalue weighted by molar-refractivity contribution is 6.30. The predicted molar refractivity (Wildman–Crippen MR) is 94.4 cm³/mol. The van der Waals surface area contributed by atoms with Gasteiger partial charge in [-0.05, 0) is 43.2 Å². The Balaban J connectivity index is 1.78. The standard InChI is InChI=1S/C18H17ClN4O/c1-12-10-15(19)8-9-16(12)20-18(24)17-13(2)23(22-21-17)11-14-6-4-3-5-7-14/h3-10H,11H2,1-2H3,(H,20,24). The first-order chi connectivity index (χ1) is 11.5. The number of nitrogens with zero attached hydrogens (tertiary/aromatic N) is 3. The van der Waals surface area contributed by atoms with Gasteiger partial charge < -0.3 is 5.32 Å². The molecular formula is C18H17ClN4O. The number of rotatable bonds is 4. The zero-order valence-electron chi connectivity index (χ0n) is 13.5. The topological polar surface area (TPSA) is 59.8 Å². The van der Waals surface area contributed by atoms with Gasteiger partial charge in [0.15, 0.2) is 5.69 Å². The van der Waals surface area contributed by atoms with Crippen LogP contribution < -0.4 is 5.32 Å². The Morgan fingerprint density at radius 2 is 1.92 bits per heavy atom. The minimum absolute atomic E-state index is 0.280. The quantitative estimate of drug-likeness (QED) is 0.784. The molecule has 0 radical (unpaired) electrons. The molecule has 0 saturated heterocycles. The molecule has 5 nitrogen and oxygen atoms in total. The van der Waals surface area contributed by atoms with Crippen molar-refractivity contribution in [2.75, 3.05) is 5.32 Å². The summed E-state index contributed by atoms with van der Waals surface area (Å²) in [4.78, 5) is 12.5. The van der Waals surface area contributed by atoms with E-state index in [4.69, 9.17) is 11.6 Å². The number of carbonyl (C=O) groups is 1. The van der Waals surface area contributed by atoms with Crippen molar-refractivity contribution in [1.29, 1.82) is 0 Å². The third-order valence-corrected chi connectivity index (χ3v) is 4.04. The van der Waals surface area contributed by atoms with Crippen LogP contribution >= 0.6 is 11.6 Å². The molecule has 0 aliphatic rings. The second-order valence-electron chi connectivity index (χ2n) is 5.58. The second-order valence-corrected chi connectivity index (χ2v) is 6.02. The molecular weight excluding hydrogens is 324 g/mol. The number of aryl methyl sites for hydroxylation is 1. The fourth-order valence-electron chi connectivity index (χ4n) is 2.43. The van der Waals surface area contributed by atoms with Gasteiger partial charge in [-0.3, -0.25) is 4.79 Å². The highest BCUT2D eigenvalue weighted by Gasteiger charge is 2.17. The molecule has 24 heavy (non-hydrogen) atoms. The minimum atomic E-state index is -0.280. The van der Waals surface area contributed by atoms with Gasteiger partial charge in [0, 0.05) is 10.7 Å². The third kappa shape index (κ3) is 3.46. The molecule has 0 spiro atoms. The molecule has 1 N–H and O–H groups in total. The van der Waals surface area contributed by atoms with Crippen LogP contribution in [0.3, 0.4) is 0 Å². The van der Waals surface area contributed by atoms with Gasteiger partial charge in [-0.1, -0.05) is 47.1 Å². The summed E-state index contributed by atoms with van der Waals surface area (Å²) in [7, 11) is 0. The van der Waals surface area contributed by atoms with Crippen LogP contribution in [0.25, 0.3) is 0 Å². The molecule has 1 amide bonds. The molecule has 6 heteroatoms. The number of hydrogen-bond acceptors (Lipinski definition) is 3. The molecule has 3 aromatic rings. The summed E-state index contributed by atoms with van der Waals surface area (Å²) in [5.74, 6) is -0.280. The first kappa shape index (κ1) is 16.2. The van der Waals surface area contributed by atoms with Gasteiger partial charge in [0.1, 0.15) is 0 Å². The number of aromatic nitrogens is 3. The molecule has 0 saturated carbocycles. The summed E-state index contributed by atoms with van der Waals surface area (Å²) in [5.41, 5.74) is 3.75. The molecule has 0 bridgehead atoms. The van der Waals surface area contributed by atoms with Crippen LogP contribution in [0.1, 0.15) is 27.3 Å². The fourth-order valence-corrected chi connectivity index (χ4v) is 2.65. The first-order valence-electron chi connectivity index (χ1n) is 7.56. The van der Waals surface area contributed by atoms with E-state index in [2.05, 4.69) is 15.6 Å². The van der Waals surface area contributed by atoms with Crippen molar-refractivity contribution in [3.8, 4) is 0 Å². The summed E-state index contributed by atoms with van der Waals surface area (Å²) in [6.45, 7) is 4.31. The van der Waals surface area contributed by atoms with Crippen LogP contribution in [-0.2, 0) is 6.54 Å². The van der Waals surface area contributed by atoms with Crippen LogP contribution in [0, 0.1) is 13.8 Å². The lowest BCUT2D eigenvalue weighted by molar-refractivity contribution is 0.102. The molecule has 0 aliphatic heterocycles. The summed E-state index contributed by atoms with van der Waals surface area (Å²) >= 11 is 5.94. The molecule has 0 atom stereocenters. The number of amides is 1. The normalized spacial score (nSPS) is 10.6. The molecule has 2 aromatic carbocycles. The van der Waals surface area contributed by atoms with Crippen LogP contribution in [0.15, 0.2) is 48.5 Å². The van der Waals surface area contributed by atoms with Crippen molar-refractivity contribution in [3.63, 3.8) is 0 Å². The Morgan fingerprint density at radius 1 is 1.17 bits per heavy atom. The smallest absolute Gasteiger partial charge is 0.278 e. The van der Waals surface area contributed by atoms with Gasteiger partial charge in [0.05, 0.1) is 12.2 Å². The fraction of sp³-hybridized carbons (Fsp3) is 0.167. The summed E-state index contributed by atoms with van der Waals surface area (Å²) < 4.78 is 1.72. The highest BCUT2D eigenvalue weighted by atomic mass is 35.5. The SMILES string of the molecule is Cc1cc(Cl)ccc1NC(=O)c1nnn(Cc2ccccc2)c1C. The molecule has 122 valence electrons. The number of hydrogen-bond donors (Lipinski definition) is 1. The first-order valence-corrected chi connectivity index (χ1v) is 7.94. The van der Waals surface area contributed by atoms with E-state index >= 15 is 0 Å². The molecule has 0 unspecified atom stereocenters. The zero-order valence-corrected chi connectivity index (χ0v) is 14.2. The molecule has 3 rings (SSSR count). The van der Waals surface area contributed by atoms with Crippen molar-refractivity contribution >= 4 is 23.2 Å². The van der Waals surface area contributed by atoms with Crippen molar-refractivity contribution in [2.24, 2.45) is 0 Å². The van der Waals surface area contributed by atoms with E-state index < -0.39 is 0 Å². The lowest BCUT2D eigenvalue weighted by Gasteiger charge is -2.08. The van der Waals surface area contributed by atoms with Crippen LogP contribution in [0.4, 0.5) is 5.69 Å². The van der Waals surface area contributed by atoms with Gasteiger partial charge in [-0.25, -0.2) is 4.68 Å². The number of halogens is 1. The van der Waals surface area contributed by atoms with Crippen molar-refractivity contribution in [3.05, 3.63) is 76.1 Å². The Labute approximate surface area is 145 Å². The van der Waals surface area contributed by atoms with Crippen molar-refractivity contribution in [2.45, 2.75) is 20.4 Å². The summed E-state index contributed by atoms with van der Waals surface area (Å²) in [6, 6.07) is 15.2. The van der Waals surface area contributed by atoms with E-state index in [-0.39, 0.29) is 5.91 Å². The maximum Gasteiger partial charge on any atom is 0.278 e. The van der Waals surface area contributed by atoms with Gasteiger partial charge in [-0.15, -0.1) is 5.10 Å². The molecule has 0 aliphatic carbocycles. The molecule has 1 heterocycles. The van der Waals surface area contributed by atoms with Gasteiger partial charge in [0.25, 0.3) is 5.91 Å². The minimum Gasteiger partial charge on any atom is -0.320 e. The average molecular weight is 341 g/mol. The number of nitrogens with one attached hydrogen (secondary N) is 1. The van der Waals surface area contributed by atoms with Gasteiger partial charge in [0.2, 0.25) is 0 Å². The second kappa shape index (κ2) is 6.84.